The molecule has 1 radical (unpaired) electrons. The average molecular weight is 211 g/mol. The SMILES string of the molecule is [O]CCc1ccc([N+](=O)[O-])cc1[N+](=O)[O-]. The number of hydrogen-bond acceptors (Lipinski definition) is 4. The van der Waals surface area contributed by atoms with Crippen molar-refractivity contribution in [3.63, 3.8) is 0 Å². The summed E-state index contributed by atoms with van der Waals surface area (Å²) in [5, 5.41) is 31.3. The predicted octanol–water partition coefficient (Wildman–Crippen LogP) is 1.48. The molecule has 0 aliphatic heterocycles. The first kappa shape index (κ1) is 11.1. The monoisotopic (exact) mass is 211 g/mol. The molecule has 0 aliphatic rings. The minimum absolute atomic E-state index is 0.00565. The number of nitro benzene ring substituents is 2. The first-order chi connectivity index (χ1) is 7.06. The van der Waals surface area contributed by atoms with E-state index < -0.39 is 16.5 Å². The smallest absolute Gasteiger partial charge is 0.258 e. The van der Waals surface area contributed by atoms with E-state index in [1.165, 1.54) is 6.07 Å². The molecule has 1 aromatic carbocycles. The summed E-state index contributed by atoms with van der Waals surface area (Å²) in [6, 6.07) is 3.26. The van der Waals surface area contributed by atoms with E-state index >= 15 is 0 Å². The summed E-state index contributed by atoms with van der Waals surface area (Å²) in [6.45, 7) is -0.487. The van der Waals surface area contributed by atoms with Crippen molar-refractivity contribution in [3.8, 4) is 0 Å². The van der Waals surface area contributed by atoms with Gasteiger partial charge < -0.3 is 0 Å². The molecule has 0 N–H and O–H groups in total. The van der Waals surface area contributed by atoms with Gasteiger partial charge in [-0.3, -0.25) is 20.2 Å². The lowest BCUT2D eigenvalue weighted by Gasteiger charge is -1.99. The minimum atomic E-state index is -0.724. The van der Waals surface area contributed by atoms with Gasteiger partial charge in [-0.1, -0.05) is 0 Å². The van der Waals surface area contributed by atoms with E-state index in [2.05, 4.69) is 0 Å². The van der Waals surface area contributed by atoms with Crippen LogP contribution in [0.4, 0.5) is 11.4 Å². The summed E-state index contributed by atoms with van der Waals surface area (Å²) in [5.74, 6) is 0. The molecule has 0 amide bonds. The molecule has 0 spiro atoms. The van der Waals surface area contributed by atoms with Crippen LogP contribution in [0.5, 0.6) is 0 Å². The summed E-state index contributed by atoms with van der Waals surface area (Å²) >= 11 is 0. The van der Waals surface area contributed by atoms with Crippen molar-refractivity contribution in [1.82, 2.24) is 0 Å². The molecule has 1 rings (SSSR count). The molecule has 15 heavy (non-hydrogen) atoms. The fourth-order valence-electron chi connectivity index (χ4n) is 1.16. The zero-order valence-corrected chi connectivity index (χ0v) is 7.58. The number of non-ortho nitro benzene ring substituents is 1. The second-order valence-corrected chi connectivity index (χ2v) is 2.78. The van der Waals surface area contributed by atoms with Crippen molar-refractivity contribution in [2.75, 3.05) is 6.61 Å². The second kappa shape index (κ2) is 4.47. The topological polar surface area (TPSA) is 106 Å². The number of benzene rings is 1. The standard InChI is InChI=1S/C8H7N2O5/c11-4-3-6-1-2-7(9(12)13)5-8(6)10(14)15/h1-2,5H,3-4H2. The maximum Gasteiger partial charge on any atom is 0.279 e. The highest BCUT2D eigenvalue weighted by Gasteiger charge is 2.18. The van der Waals surface area contributed by atoms with E-state index in [0.717, 1.165) is 12.1 Å². The normalized spacial score (nSPS) is 9.93. The molecule has 0 aromatic heterocycles. The lowest BCUT2D eigenvalue weighted by Crippen LogP contribution is -1.99. The van der Waals surface area contributed by atoms with Gasteiger partial charge in [0.1, 0.15) is 0 Å². The molecule has 1 aromatic rings. The molecular formula is C8H7N2O5. The van der Waals surface area contributed by atoms with Crippen LogP contribution >= 0.6 is 0 Å². The number of hydrogen-bond donors (Lipinski definition) is 0. The van der Waals surface area contributed by atoms with Gasteiger partial charge in [0, 0.05) is 18.1 Å². The molecule has 79 valence electrons. The molecule has 0 bridgehead atoms. The van der Waals surface area contributed by atoms with E-state index in [0.29, 0.717) is 0 Å². The van der Waals surface area contributed by atoms with Crippen LogP contribution in [-0.2, 0) is 11.5 Å². The fourth-order valence-corrected chi connectivity index (χ4v) is 1.16. The van der Waals surface area contributed by atoms with Crippen molar-refractivity contribution >= 4 is 11.4 Å². The lowest BCUT2D eigenvalue weighted by molar-refractivity contribution is -0.394. The van der Waals surface area contributed by atoms with Gasteiger partial charge in [-0.25, -0.2) is 5.11 Å². The summed E-state index contributed by atoms with van der Waals surface area (Å²) in [7, 11) is 0. The van der Waals surface area contributed by atoms with Crippen LogP contribution in [0, 0.1) is 20.2 Å². The predicted molar refractivity (Wildman–Crippen MR) is 49.0 cm³/mol. The quantitative estimate of drug-likeness (QED) is 0.555. The Labute approximate surface area is 84.3 Å². The summed E-state index contributed by atoms with van der Waals surface area (Å²) in [5.41, 5.74) is -0.503. The van der Waals surface area contributed by atoms with Crippen LogP contribution in [-0.4, -0.2) is 16.5 Å². The molecular weight excluding hydrogens is 204 g/mol. The molecule has 0 unspecified atom stereocenters. The van der Waals surface area contributed by atoms with Gasteiger partial charge in [0.05, 0.1) is 22.5 Å². The Kier molecular flexibility index (Phi) is 3.29. The third-order valence-electron chi connectivity index (χ3n) is 1.85. The maximum atomic E-state index is 10.6. The number of nitrogens with zero attached hydrogens (tertiary/aromatic N) is 2. The van der Waals surface area contributed by atoms with Crippen molar-refractivity contribution in [1.29, 1.82) is 0 Å². The molecule has 0 aliphatic carbocycles. The Morgan fingerprint density at radius 3 is 2.27 bits per heavy atom. The lowest BCUT2D eigenvalue weighted by atomic mass is 10.1. The highest BCUT2D eigenvalue weighted by Crippen LogP contribution is 2.24. The van der Waals surface area contributed by atoms with E-state index in [4.69, 9.17) is 0 Å². The van der Waals surface area contributed by atoms with Gasteiger partial charge >= 0.3 is 0 Å². The van der Waals surface area contributed by atoms with E-state index in [9.17, 15) is 25.3 Å². The number of nitro groups is 2. The minimum Gasteiger partial charge on any atom is -0.258 e. The Morgan fingerprint density at radius 1 is 1.13 bits per heavy atom. The zero-order chi connectivity index (χ0) is 11.4. The Morgan fingerprint density at radius 2 is 1.80 bits per heavy atom. The van der Waals surface area contributed by atoms with Gasteiger partial charge in [-0.2, -0.15) is 0 Å². The number of rotatable bonds is 4. The first-order valence-electron chi connectivity index (χ1n) is 4.06. The van der Waals surface area contributed by atoms with Crippen molar-refractivity contribution in [2.24, 2.45) is 0 Å². The highest BCUT2D eigenvalue weighted by molar-refractivity contribution is 5.49. The molecule has 7 nitrogen and oxygen atoms in total. The van der Waals surface area contributed by atoms with Crippen molar-refractivity contribution < 1.29 is 15.0 Å². The van der Waals surface area contributed by atoms with Crippen LogP contribution in [0.25, 0.3) is 0 Å². The third kappa shape index (κ3) is 2.47. The fraction of sp³-hybridized carbons (Fsp3) is 0.250. The van der Waals surface area contributed by atoms with Gasteiger partial charge in [-0.05, 0) is 6.07 Å². The van der Waals surface area contributed by atoms with Crippen LogP contribution < -0.4 is 0 Å². The van der Waals surface area contributed by atoms with E-state index in [-0.39, 0.29) is 23.4 Å². The average Bonchev–Trinajstić information content (AvgIpc) is 2.18. The molecule has 0 saturated carbocycles. The molecule has 0 saturated heterocycles. The summed E-state index contributed by atoms with van der Waals surface area (Å²) in [6.07, 6.45) is -0.00565. The third-order valence-corrected chi connectivity index (χ3v) is 1.85. The maximum absolute atomic E-state index is 10.6. The van der Waals surface area contributed by atoms with Crippen LogP contribution in [0.3, 0.4) is 0 Å². The highest BCUT2D eigenvalue weighted by atomic mass is 16.6. The van der Waals surface area contributed by atoms with E-state index in [1.54, 1.807) is 0 Å². The van der Waals surface area contributed by atoms with Crippen LogP contribution in [0.15, 0.2) is 18.2 Å². The van der Waals surface area contributed by atoms with Crippen LogP contribution in [0.1, 0.15) is 5.56 Å². The summed E-state index contributed by atoms with van der Waals surface area (Å²) < 4.78 is 0. The van der Waals surface area contributed by atoms with Gasteiger partial charge in [0.2, 0.25) is 0 Å². The van der Waals surface area contributed by atoms with Gasteiger partial charge in [0.25, 0.3) is 11.4 Å². The van der Waals surface area contributed by atoms with Crippen LogP contribution in [0.2, 0.25) is 0 Å². The molecule has 0 fully saturated rings. The Balaban J connectivity index is 3.20. The molecule has 0 heterocycles. The first-order valence-corrected chi connectivity index (χ1v) is 4.06. The summed E-state index contributed by atoms with van der Waals surface area (Å²) in [4.78, 5) is 19.5. The van der Waals surface area contributed by atoms with Crippen molar-refractivity contribution in [3.05, 3.63) is 44.0 Å². The molecule has 7 heteroatoms. The van der Waals surface area contributed by atoms with Gasteiger partial charge in [0.15, 0.2) is 0 Å². The molecule has 0 atom stereocenters. The zero-order valence-electron chi connectivity index (χ0n) is 7.58. The largest absolute Gasteiger partial charge is 0.279 e. The van der Waals surface area contributed by atoms with E-state index in [1.807, 2.05) is 0 Å². The van der Waals surface area contributed by atoms with Gasteiger partial charge in [-0.15, -0.1) is 0 Å². The second-order valence-electron chi connectivity index (χ2n) is 2.78. The Bertz CT molecular complexity index is 404. The van der Waals surface area contributed by atoms with Crippen molar-refractivity contribution in [2.45, 2.75) is 6.42 Å². The Hall–Kier alpha value is -2.02.